The molecule has 0 aliphatic carbocycles. The van der Waals surface area contributed by atoms with Gasteiger partial charge in [-0.1, -0.05) is 59.6 Å². The van der Waals surface area contributed by atoms with Crippen LogP contribution in [0.15, 0.2) is 79.1 Å². The Morgan fingerprint density at radius 1 is 0.850 bits per heavy atom. The molecule has 0 spiro atoms. The number of aromatic amines is 2. The summed E-state index contributed by atoms with van der Waals surface area (Å²) >= 11 is 12.4. The Morgan fingerprint density at radius 3 is 2.05 bits per heavy atom. The second-order valence-electron chi connectivity index (χ2n) is 10.9. The molecule has 8 heteroatoms. The monoisotopic (exact) mass is 570 g/mol. The summed E-state index contributed by atoms with van der Waals surface area (Å²) < 4.78 is 0. The molecule has 2 fully saturated rings. The summed E-state index contributed by atoms with van der Waals surface area (Å²) in [5.41, 5.74) is 5.09. The number of carbonyl (C=O) groups is 2. The molecule has 0 unspecified atom stereocenters. The van der Waals surface area contributed by atoms with E-state index in [0.29, 0.717) is 35.4 Å². The number of rotatable bonds is 4. The molecule has 2 aliphatic heterocycles. The highest BCUT2D eigenvalue weighted by atomic mass is 35.5. The fraction of sp³-hybridized carbons (Fsp3) is 0.250. The lowest BCUT2D eigenvalue weighted by Gasteiger charge is -2.43. The lowest BCUT2D eigenvalue weighted by molar-refractivity contribution is -0.137. The van der Waals surface area contributed by atoms with Crippen LogP contribution in [0.4, 0.5) is 5.69 Å². The zero-order valence-corrected chi connectivity index (χ0v) is 23.3. The van der Waals surface area contributed by atoms with Gasteiger partial charge in [0, 0.05) is 70.7 Å². The van der Waals surface area contributed by atoms with Crippen LogP contribution < -0.4 is 4.90 Å². The van der Waals surface area contributed by atoms with Gasteiger partial charge in [0.05, 0.1) is 16.6 Å². The van der Waals surface area contributed by atoms with Crippen LogP contribution in [0.1, 0.15) is 30.4 Å². The number of hydrogen-bond donors (Lipinski definition) is 2. The number of amides is 2. The molecule has 2 amide bonds. The summed E-state index contributed by atoms with van der Waals surface area (Å²) in [7, 11) is 0. The maximum atomic E-state index is 13.8. The third-order valence-corrected chi connectivity index (χ3v) is 9.35. The minimum absolute atomic E-state index is 0.0346. The Hall–Kier alpha value is -3.74. The third kappa shape index (κ3) is 4.01. The van der Waals surface area contributed by atoms with Crippen molar-refractivity contribution in [2.75, 3.05) is 24.5 Å². The van der Waals surface area contributed by atoms with Gasteiger partial charge in [0.2, 0.25) is 11.8 Å². The lowest BCUT2D eigenvalue weighted by atomic mass is 9.67. The number of hydrogen-bond acceptors (Lipinski definition) is 2. The van der Waals surface area contributed by atoms with E-state index in [0.717, 1.165) is 23.9 Å². The van der Waals surface area contributed by atoms with Gasteiger partial charge in [-0.15, -0.1) is 0 Å². The molecule has 2 N–H and O–H groups in total. The van der Waals surface area contributed by atoms with Crippen LogP contribution in [0.2, 0.25) is 10.0 Å². The van der Waals surface area contributed by atoms with E-state index in [1.807, 2.05) is 17.0 Å². The highest BCUT2D eigenvalue weighted by molar-refractivity contribution is 6.36. The van der Waals surface area contributed by atoms with Crippen molar-refractivity contribution in [2.24, 2.45) is 5.92 Å². The highest BCUT2D eigenvalue weighted by Crippen LogP contribution is 2.47. The van der Waals surface area contributed by atoms with Gasteiger partial charge in [-0.05, 0) is 54.3 Å². The van der Waals surface area contributed by atoms with Crippen LogP contribution in [0, 0.1) is 5.92 Å². The Kier molecular flexibility index (Phi) is 6.13. The van der Waals surface area contributed by atoms with Gasteiger partial charge in [0.25, 0.3) is 0 Å². The molecule has 0 saturated carbocycles. The molecule has 5 aromatic rings. The first-order valence-electron chi connectivity index (χ1n) is 13.6. The van der Waals surface area contributed by atoms with E-state index in [2.05, 4.69) is 58.8 Å². The summed E-state index contributed by atoms with van der Waals surface area (Å²) in [6.07, 6.45) is 6.05. The summed E-state index contributed by atoms with van der Waals surface area (Å²) in [5.74, 6) is -0.452. The third-order valence-electron chi connectivity index (χ3n) is 8.81. The van der Waals surface area contributed by atoms with Crippen LogP contribution >= 0.6 is 23.2 Å². The Bertz CT molecular complexity index is 1690. The fourth-order valence-electron chi connectivity index (χ4n) is 6.79. The zero-order chi connectivity index (χ0) is 27.4. The van der Waals surface area contributed by atoms with Crippen LogP contribution in [-0.2, 0) is 15.0 Å². The maximum Gasteiger partial charge on any atom is 0.228 e. The molecular weight excluding hydrogens is 543 g/mol. The zero-order valence-electron chi connectivity index (χ0n) is 21.8. The first kappa shape index (κ1) is 25.2. The number of carbonyl (C=O) groups excluding carboxylic acids is 2. The lowest BCUT2D eigenvalue weighted by Crippen LogP contribution is -2.47. The Morgan fingerprint density at radius 2 is 1.45 bits per heavy atom. The number of piperidine rings is 1. The Labute approximate surface area is 241 Å². The van der Waals surface area contributed by atoms with E-state index in [-0.39, 0.29) is 23.7 Å². The average Bonchev–Trinajstić information content (AvgIpc) is 3.70. The van der Waals surface area contributed by atoms with Gasteiger partial charge < -0.3 is 19.8 Å². The van der Waals surface area contributed by atoms with Crippen molar-refractivity contribution in [3.63, 3.8) is 0 Å². The smallest absolute Gasteiger partial charge is 0.228 e. The minimum atomic E-state index is -0.395. The van der Waals surface area contributed by atoms with E-state index in [1.165, 1.54) is 21.9 Å². The molecule has 4 heterocycles. The van der Waals surface area contributed by atoms with Gasteiger partial charge in [-0.3, -0.25) is 9.59 Å². The summed E-state index contributed by atoms with van der Waals surface area (Å²) in [5, 5.41) is 3.35. The van der Waals surface area contributed by atoms with E-state index >= 15 is 0 Å². The van der Waals surface area contributed by atoms with Crippen molar-refractivity contribution in [3.05, 3.63) is 100 Å². The van der Waals surface area contributed by atoms with E-state index in [4.69, 9.17) is 23.2 Å². The molecule has 3 aromatic carbocycles. The van der Waals surface area contributed by atoms with Gasteiger partial charge in [-0.2, -0.15) is 0 Å². The molecule has 0 bridgehead atoms. The fourth-order valence-corrected chi connectivity index (χ4v) is 7.30. The summed E-state index contributed by atoms with van der Waals surface area (Å²) in [6, 6.07) is 21.9. The average molecular weight is 572 g/mol. The topological polar surface area (TPSA) is 72.2 Å². The number of aromatic nitrogens is 2. The molecular formula is C32H28Cl2N4O2. The van der Waals surface area contributed by atoms with E-state index in [1.54, 1.807) is 23.1 Å². The second kappa shape index (κ2) is 9.72. The number of likely N-dealkylation sites (tertiary alicyclic amines) is 1. The number of H-pyrrole nitrogens is 2. The quantitative estimate of drug-likeness (QED) is 0.246. The van der Waals surface area contributed by atoms with E-state index in [9.17, 15) is 9.59 Å². The molecule has 2 saturated heterocycles. The maximum absolute atomic E-state index is 13.8. The molecule has 1 atom stereocenters. The van der Waals surface area contributed by atoms with Crippen molar-refractivity contribution < 1.29 is 9.59 Å². The van der Waals surface area contributed by atoms with Crippen molar-refractivity contribution >= 4 is 62.5 Å². The molecule has 6 nitrogen and oxygen atoms in total. The van der Waals surface area contributed by atoms with Crippen LogP contribution in [0.3, 0.4) is 0 Å². The van der Waals surface area contributed by atoms with Gasteiger partial charge in [0.15, 0.2) is 0 Å². The predicted molar refractivity (Wildman–Crippen MR) is 160 cm³/mol. The van der Waals surface area contributed by atoms with Crippen molar-refractivity contribution in [2.45, 2.75) is 24.7 Å². The minimum Gasteiger partial charge on any atom is -0.361 e. The molecule has 2 aromatic heterocycles. The first-order valence-corrected chi connectivity index (χ1v) is 14.4. The van der Waals surface area contributed by atoms with Crippen molar-refractivity contribution in [1.29, 1.82) is 0 Å². The normalized spacial score (nSPS) is 19.1. The standard InChI is InChI=1S/C32H28Cl2N4O2/c33-21-9-10-29(26(34)16-21)38-19-20(15-30(38)39)31(40)37-13-11-32(12-14-37,24-17-35-27-7-3-1-5-22(24)27)25-18-36-28-8-4-2-6-23(25)28/h1-10,16-18,20,35-36H,11-15,19H2/t20-/m1/s1. The number of nitrogens with zero attached hydrogens (tertiary/aromatic N) is 2. The van der Waals surface area contributed by atoms with Crippen molar-refractivity contribution in [3.8, 4) is 0 Å². The summed E-state index contributed by atoms with van der Waals surface area (Å²) in [6.45, 7) is 1.56. The van der Waals surface area contributed by atoms with Gasteiger partial charge in [0.1, 0.15) is 0 Å². The SMILES string of the molecule is O=C([C@@H]1CC(=O)N(c2ccc(Cl)cc2Cl)C1)N1CCC(c2c[nH]c3ccccc23)(c2c[nH]c3ccccc23)CC1. The second-order valence-corrected chi connectivity index (χ2v) is 11.7. The molecule has 2 aliphatic rings. The number of fused-ring (bicyclic) bond motifs is 2. The van der Waals surface area contributed by atoms with Crippen LogP contribution in [0.25, 0.3) is 21.8 Å². The van der Waals surface area contributed by atoms with E-state index < -0.39 is 5.92 Å². The first-order chi connectivity index (χ1) is 19.4. The molecule has 7 rings (SSSR count). The molecule has 202 valence electrons. The Balaban J connectivity index is 1.18. The predicted octanol–water partition coefficient (Wildman–Crippen LogP) is 6.92. The van der Waals surface area contributed by atoms with Crippen molar-refractivity contribution in [1.82, 2.24) is 14.9 Å². The molecule has 0 radical (unpaired) electrons. The largest absolute Gasteiger partial charge is 0.361 e. The van der Waals surface area contributed by atoms with Crippen LogP contribution in [0.5, 0.6) is 0 Å². The number of halogens is 2. The van der Waals surface area contributed by atoms with Gasteiger partial charge in [-0.25, -0.2) is 0 Å². The highest BCUT2D eigenvalue weighted by Gasteiger charge is 2.44. The number of anilines is 1. The van der Waals surface area contributed by atoms with Gasteiger partial charge >= 0.3 is 0 Å². The number of benzene rings is 3. The number of nitrogens with one attached hydrogen (secondary N) is 2. The van der Waals surface area contributed by atoms with Crippen LogP contribution in [-0.4, -0.2) is 46.3 Å². The summed E-state index contributed by atoms with van der Waals surface area (Å²) in [4.78, 5) is 37.2. The number of para-hydroxylation sites is 2. The molecule has 40 heavy (non-hydrogen) atoms.